The van der Waals surface area contributed by atoms with Crippen LogP contribution in [0.2, 0.25) is 0 Å². The van der Waals surface area contributed by atoms with Gasteiger partial charge in [-0.3, -0.25) is 9.59 Å². The predicted octanol–water partition coefficient (Wildman–Crippen LogP) is 6.38. The van der Waals surface area contributed by atoms with Crippen molar-refractivity contribution in [3.8, 4) is 5.75 Å². The lowest BCUT2D eigenvalue weighted by Crippen LogP contribution is -2.30. The minimum absolute atomic E-state index is 0.00981. The van der Waals surface area contributed by atoms with E-state index in [2.05, 4.69) is 27.7 Å². The molecule has 1 saturated heterocycles. The van der Waals surface area contributed by atoms with Gasteiger partial charge < -0.3 is 14.7 Å². The highest BCUT2D eigenvalue weighted by atomic mass is 16.5. The van der Waals surface area contributed by atoms with Crippen LogP contribution in [0.1, 0.15) is 83.0 Å². The van der Waals surface area contributed by atoms with Crippen LogP contribution in [0.3, 0.4) is 0 Å². The van der Waals surface area contributed by atoms with E-state index in [1.165, 1.54) is 5.56 Å². The maximum Gasteiger partial charge on any atom is 0.295 e. The molecule has 0 bridgehead atoms. The number of hydrogen-bond acceptors (Lipinski definition) is 4. The third-order valence-electron chi connectivity index (χ3n) is 6.24. The minimum atomic E-state index is -0.643. The summed E-state index contributed by atoms with van der Waals surface area (Å²) in [6, 6.07) is 14.4. The Morgan fingerprint density at radius 3 is 2.15 bits per heavy atom. The van der Waals surface area contributed by atoms with Crippen molar-refractivity contribution in [1.82, 2.24) is 4.90 Å². The Labute approximate surface area is 203 Å². The molecule has 182 valence electrons. The Kier molecular flexibility index (Phi) is 8.19. The highest BCUT2D eigenvalue weighted by molar-refractivity contribution is 6.46. The topological polar surface area (TPSA) is 66.8 Å². The van der Waals surface area contributed by atoms with Gasteiger partial charge in [-0.15, -0.1) is 0 Å². The number of carbonyl (C=O) groups excluding carboxylic acids is 2. The molecule has 1 heterocycles. The van der Waals surface area contributed by atoms with Crippen molar-refractivity contribution in [2.24, 2.45) is 0 Å². The summed E-state index contributed by atoms with van der Waals surface area (Å²) < 4.78 is 5.76. The Balaban J connectivity index is 1.97. The number of nitrogens with zero attached hydrogens (tertiary/aromatic N) is 1. The van der Waals surface area contributed by atoms with Crippen molar-refractivity contribution in [3.63, 3.8) is 0 Å². The van der Waals surface area contributed by atoms with E-state index in [1.807, 2.05) is 31.2 Å². The quantitative estimate of drug-likeness (QED) is 0.203. The van der Waals surface area contributed by atoms with Crippen LogP contribution in [-0.4, -0.2) is 34.8 Å². The molecule has 5 heteroatoms. The van der Waals surface area contributed by atoms with Crippen LogP contribution in [0.15, 0.2) is 54.1 Å². The largest absolute Gasteiger partial charge is 0.507 e. The monoisotopic (exact) mass is 463 g/mol. The highest BCUT2D eigenvalue weighted by Crippen LogP contribution is 2.40. The molecule has 0 spiro atoms. The lowest BCUT2D eigenvalue weighted by Gasteiger charge is -2.26. The number of aliphatic hydroxyl groups is 1. The van der Waals surface area contributed by atoms with Gasteiger partial charge in [0.15, 0.2) is 0 Å². The molecule has 1 fully saturated rings. The maximum atomic E-state index is 13.1. The van der Waals surface area contributed by atoms with Crippen LogP contribution in [0.5, 0.6) is 5.75 Å². The van der Waals surface area contributed by atoms with E-state index in [0.717, 1.165) is 24.8 Å². The summed E-state index contributed by atoms with van der Waals surface area (Å²) in [5.41, 5.74) is 2.60. The second kappa shape index (κ2) is 10.9. The molecule has 0 aliphatic carbocycles. The van der Waals surface area contributed by atoms with Crippen LogP contribution in [-0.2, 0) is 15.0 Å². The number of likely N-dealkylation sites (tertiary alicyclic amines) is 1. The van der Waals surface area contributed by atoms with Crippen LogP contribution in [0, 0.1) is 0 Å². The van der Waals surface area contributed by atoms with Crippen molar-refractivity contribution in [1.29, 1.82) is 0 Å². The standard InChI is InChI=1S/C29H37NO4/c1-6-8-9-19-34-23-16-12-21(13-17-23)26(31)24-25(30(18-7-2)28(33)27(24)32)20-10-14-22(15-11-20)29(3,4)5/h10-17,25,31H,6-9,18-19H2,1-5H3/b26-24-. The summed E-state index contributed by atoms with van der Waals surface area (Å²) in [6.45, 7) is 11.6. The number of unbranched alkanes of at least 4 members (excludes halogenated alkanes) is 2. The highest BCUT2D eigenvalue weighted by Gasteiger charge is 2.45. The van der Waals surface area contributed by atoms with Crippen molar-refractivity contribution in [3.05, 3.63) is 70.8 Å². The average molecular weight is 464 g/mol. The van der Waals surface area contributed by atoms with Gasteiger partial charge in [0.2, 0.25) is 0 Å². The molecule has 5 nitrogen and oxygen atoms in total. The molecular weight excluding hydrogens is 426 g/mol. The third kappa shape index (κ3) is 5.52. The van der Waals surface area contributed by atoms with Gasteiger partial charge in [-0.1, -0.05) is 71.7 Å². The fourth-order valence-electron chi connectivity index (χ4n) is 4.27. The SMILES string of the molecule is CCCCCOc1ccc(/C(O)=C2/C(=O)C(=O)N(CCC)C2c2ccc(C(C)(C)C)cc2)cc1. The predicted molar refractivity (Wildman–Crippen MR) is 136 cm³/mol. The number of carbonyl (C=O) groups is 2. The molecule has 2 aromatic carbocycles. The number of hydrogen-bond donors (Lipinski definition) is 1. The zero-order valence-corrected chi connectivity index (χ0v) is 21.1. The molecule has 2 aromatic rings. The fourth-order valence-corrected chi connectivity index (χ4v) is 4.27. The molecule has 3 rings (SSSR count). The smallest absolute Gasteiger partial charge is 0.295 e. The zero-order chi connectivity index (χ0) is 24.9. The molecule has 1 aliphatic heterocycles. The van der Waals surface area contributed by atoms with E-state index >= 15 is 0 Å². The van der Waals surface area contributed by atoms with Crippen molar-refractivity contribution >= 4 is 17.4 Å². The first kappa shape index (κ1) is 25.5. The van der Waals surface area contributed by atoms with Crippen LogP contribution in [0.4, 0.5) is 0 Å². The maximum absolute atomic E-state index is 13.1. The molecule has 1 atom stereocenters. The van der Waals surface area contributed by atoms with E-state index < -0.39 is 17.7 Å². The number of Topliss-reactive ketones (excluding diaryl/α,β-unsaturated/α-hetero) is 1. The Morgan fingerprint density at radius 2 is 1.59 bits per heavy atom. The van der Waals surface area contributed by atoms with Gasteiger partial charge in [-0.05, 0) is 53.6 Å². The third-order valence-corrected chi connectivity index (χ3v) is 6.24. The van der Waals surface area contributed by atoms with Crippen molar-refractivity contribution < 1.29 is 19.4 Å². The summed E-state index contributed by atoms with van der Waals surface area (Å²) in [5, 5.41) is 11.2. The first-order chi connectivity index (χ1) is 16.2. The number of aliphatic hydroxyl groups excluding tert-OH is 1. The molecule has 34 heavy (non-hydrogen) atoms. The van der Waals surface area contributed by atoms with Crippen molar-refractivity contribution in [2.75, 3.05) is 13.2 Å². The van der Waals surface area contributed by atoms with Gasteiger partial charge in [0, 0.05) is 12.1 Å². The minimum Gasteiger partial charge on any atom is -0.507 e. The Morgan fingerprint density at radius 1 is 0.941 bits per heavy atom. The number of rotatable bonds is 9. The van der Waals surface area contributed by atoms with Gasteiger partial charge in [-0.2, -0.15) is 0 Å². The lowest BCUT2D eigenvalue weighted by molar-refractivity contribution is -0.139. The number of benzene rings is 2. The normalized spacial score (nSPS) is 17.9. The van der Waals surface area contributed by atoms with Gasteiger partial charge in [0.25, 0.3) is 11.7 Å². The van der Waals surface area contributed by atoms with E-state index in [-0.39, 0.29) is 16.7 Å². The summed E-state index contributed by atoms with van der Waals surface area (Å²) >= 11 is 0. The van der Waals surface area contributed by atoms with E-state index in [9.17, 15) is 14.7 Å². The molecular formula is C29H37NO4. The number of ketones is 1. The first-order valence-corrected chi connectivity index (χ1v) is 12.3. The van der Waals surface area contributed by atoms with Gasteiger partial charge in [0.05, 0.1) is 18.2 Å². The first-order valence-electron chi connectivity index (χ1n) is 12.3. The molecule has 0 aromatic heterocycles. The summed E-state index contributed by atoms with van der Waals surface area (Å²) in [7, 11) is 0. The van der Waals surface area contributed by atoms with Gasteiger partial charge >= 0.3 is 0 Å². The van der Waals surface area contributed by atoms with Gasteiger partial charge in [-0.25, -0.2) is 0 Å². The lowest BCUT2D eigenvalue weighted by atomic mass is 9.85. The summed E-state index contributed by atoms with van der Waals surface area (Å²) in [4.78, 5) is 27.5. The number of amides is 1. The number of ether oxygens (including phenoxy) is 1. The van der Waals surface area contributed by atoms with Gasteiger partial charge in [0.1, 0.15) is 11.5 Å². The molecule has 1 unspecified atom stereocenters. The zero-order valence-electron chi connectivity index (χ0n) is 21.1. The summed E-state index contributed by atoms with van der Waals surface area (Å²) in [6.07, 6.45) is 3.96. The average Bonchev–Trinajstić information content (AvgIpc) is 3.06. The van der Waals surface area contributed by atoms with E-state index in [1.54, 1.807) is 29.2 Å². The second-order valence-corrected chi connectivity index (χ2v) is 9.94. The molecule has 1 N–H and O–H groups in total. The van der Waals surface area contributed by atoms with Crippen LogP contribution < -0.4 is 4.74 Å². The summed E-state index contributed by atoms with van der Waals surface area (Å²) in [5.74, 6) is -0.646. The molecule has 0 saturated carbocycles. The Bertz CT molecular complexity index is 1030. The fraction of sp³-hybridized carbons (Fsp3) is 0.448. The van der Waals surface area contributed by atoms with Crippen molar-refractivity contribution in [2.45, 2.75) is 71.8 Å². The second-order valence-electron chi connectivity index (χ2n) is 9.94. The van der Waals surface area contributed by atoms with Crippen LogP contribution in [0.25, 0.3) is 5.76 Å². The van der Waals surface area contributed by atoms with Crippen LogP contribution >= 0.6 is 0 Å². The molecule has 1 amide bonds. The molecule has 0 radical (unpaired) electrons. The Hall–Kier alpha value is -3.08. The van der Waals surface area contributed by atoms with E-state index in [4.69, 9.17) is 4.74 Å². The molecule has 1 aliphatic rings. The van der Waals surface area contributed by atoms with E-state index in [0.29, 0.717) is 30.9 Å².